The number of hydrogen-bond acceptors (Lipinski definition) is 4. The highest BCUT2D eigenvalue weighted by atomic mass is 16.4. The third kappa shape index (κ3) is 4.57. The normalized spacial score (nSPS) is 12.5. The first-order chi connectivity index (χ1) is 11.8. The Labute approximate surface area is 147 Å². The molecule has 1 aromatic heterocycles. The van der Waals surface area contributed by atoms with Crippen LogP contribution in [0.1, 0.15) is 42.5 Å². The second-order valence-corrected chi connectivity index (χ2v) is 6.50. The van der Waals surface area contributed by atoms with Gasteiger partial charge in [-0.3, -0.25) is 4.79 Å². The van der Waals surface area contributed by atoms with Crippen molar-refractivity contribution in [3.05, 3.63) is 29.6 Å². The van der Waals surface area contributed by atoms with Crippen LogP contribution in [0.5, 0.6) is 0 Å². The van der Waals surface area contributed by atoms with E-state index in [0.717, 1.165) is 17.8 Å². The summed E-state index contributed by atoms with van der Waals surface area (Å²) < 4.78 is 2.14. The van der Waals surface area contributed by atoms with Crippen molar-refractivity contribution in [2.45, 2.75) is 32.7 Å². The van der Waals surface area contributed by atoms with Crippen LogP contribution in [0.15, 0.2) is 18.2 Å². The number of imidazole rings is 1. The Morgan fingerprint density at radius 2 is 2.08 bits per heavy atom. The van der Waals surface area contributed by atoms with Crippen LogP contribution in [0.4, 0.5) is 0 Å². The minimum Gasteiger partial charge on any atom is -0.478 e. The zero-order chi connectivity index (χ0) is 18.6. The van der Waals surface area contributed by atoms with Crippen LogP contribution < -0.4 is 5.32 Å². The molecule has 1 heterocycles. The number of fused-ring (bicyclic) bond motifs is 1. The maximum atomic E-state index is 11.8. The fourth-order valence-corrected chi connectivity index (χ4v) is 2.79. The van der Waals surface area contributed by atoms with Gasteiger partial charge in [0.25, 0.3) is 0 Å². The zero-order valence-electron chi connectivity index (χ0n) is 15.2. The van der Waals surface area contributed by atoms with Crippen LogP contribution in [0.25, 0.3) is 11.0 Å². The Balaban J connectivity index is 2.25. The first kappa shape index (κ1) is 18.9. The average molecular weight is 346 g/mol. The SMILES string of the molecule is CCC(C)n1c(CCNC(=O)CN(C)C)nc2cc(C(=O)O)ccc21. The lowest BCUT2D eigenvalue weighted by molar-refractivity contribution is -0.121. The van der Waals surface area contributed by atoms with Crippen molar-refractivity contribution in [2.75, 3.05) is 27.2 Å². The van der Waals surface area contributed by atoms with Crippen molar-refractivity contribution in [1.82, 2.24) is 19.8 Å². The summed E-state index contributed by atoms with van der Waals surface area (Å²) >= 11 is 0. The van der Waals surface area contributed by atoms with Gasteiger partial charge in [0.15, 0.2) is 0 Å². The van der Waals surface area contributed by atoms with Gasteiger partial charge >= 0.3 is 5.97 Å². The van der Waals surface area contributed by atoms with E-state index in [-0.39, 0.29) is 17.5 Å². The number of carbonyl (C=O) groups is 2. The highest BCUT2D eigenvalue weighted by Gasteiger charge is 2.16. The highest BCUT2D eigenvalue weighted by Crippen LogP contribution is 2.24. The van der Waals surface area contributed by atoms with Gasteiger partial charge in [0.2, 0.25) is 5.91 Å². The monoisotopic (exact) mass is 346 g/mol. The largest absolute Gasteiger partial charge is 0.478 e. The topological polar surface area (TPSA) is 87.5 Å². The number of nitrogens with one attached hydrogen (secondary N) is 1. The number of carbonyl (C=O) groups excluding carboxylic acids is 1. The Morgan fingerprint density at radius 3 is 2.68 bits per heavy atom. The second kappa shape index (κ2) is 8.11. The molecule has 1 aromatic carbocycles. The van der Waals surface area contributed by atoms with E-state index in [9.17, 15) is 9.59 Å². The van der Waals surface area contributed by atoms with E-state index in [2.05, 4.69) is 28.7 Å². The van der Waals surface area contributed by atoms with E-state index >= 15 is 0 Å². The summed E-state index contributed by atoms with van der Waals surface area (Å²) in [5, 5.41) is 12.1. The Kier molecular flexibility index (Phi) is 6.14. The number of aromatic carboxylic acids is 1. The Bertz CT molecular complexity index is 767. The minimum atomic E-state index is -0.961. The van der Waals surface area contributed by atoms with E-state index in [4.69, 9.17) is 5.11 Å². The van der Waals surface area contributed by atoms with E-state index in [0.29, 0.717) is 25.0 Å². The predicted molar refractivity (Wildman–Crippen MR) is 97.0 cm³/mol. The summed E-state index contributed by atoms with van der Waals surface area (Å²) in [4.78, 5) is 29.4. The van der Waals surface area contributed by atoms with Crippen molar-refractivity contribution in [1.29, 1.82) is 0 Å². The average Bonchev–Trinajstić information content (AvgIpc) is 2.90. The van der Waals surface area contributed by atoms with Crippen LogP contribution in [0.2, 0.25) is 0 Å². The number of aromatic nitrogens is 2. The quantitative estimate of drug-likeness (QED) is 0.762. The van der Waals surface area contributed by atoms with Gasteiger partial charge in [0.1, 0.15) is 5.82 Å². The van der Waals surface area contributed by atoms with Crippen LogP contribution in [-0.4, -0.2) is 58.6 Å². The molecule has 1 unspecified atom stereocenters. The second-order valence-electron chi connectivity index (χ2n) is 6.50. The molecule has 25 heavy (non-hydrogen) atoms. The molecule has 2 rings (SSSR count). The number of benzene rings is 1. The third-order valence-electron chi connectivity index (χ3n) is 4.17. The summed E-state index contributed by atoms with van der Waals surface area (Å²) in [6.45, 7) is 5.06. The van der Waals surface area contributed by atoms with E-state index in [1.165, 1.54) is 0 Å². The van der Waals surface area contributed by atoms with Crippen molar-refractivity contribution in [3.8, 4) is 0 Å². The van der Waals surface area contributed by atoms with Crippen LogP contribution in [0, 0.1) is 0 Å². The van der Waals surface area contributed by atoms with Gasteiger partial charge in [0, 0.05) is 19.0 Å². The summed E-state index contributed by atoms with van der Waals surface area (Å²) in [7, 11) is 3.70. The van der Waals surface area contributed by atoms with Crippen LogP contribution in [0.3, 0.4) is 0 Å². The summed E-state index contributed by atoms with van der Waals surface area (Å²) in [6.07, 6.45) is 1.53. The van der Waals surface area contributed by atoms with Gasteiger partial charge in [-0.05, 0) is 45.6 Å². The molecule has 2 N–H and O–H groups in total. The molecule has 0 aliphatic rings. The van der Waals surface area contributed by atoms with Crippen molar-refractivity contribution in [3.63, 3.8) is 0 Å². The van der Waals surface area contributed by atoms with Gasteiger partial charge in [-0.15, -0.1) is 0 Å². The maximum Gasteiger partial charge on any atom is 0.335 e. The van der Waals surface area contributed by atoms with Gasteiger partial charge in [0.05, 0.1) is 23.1 Å². The Hall–Kier alpha value is -2.41. The van der Waals surface area contributed by atoms with Gasteiger partial charge < -0.3 is 19.9 Å². The molecule has 2 aromatic rings. The zero-order valence-corrected chi connectivity index (χ0v) is 15.2. The number of nitrogens with zero attached hydrogens (tertiary/aromatic N) is 3. The lowest BCUT2D eigenvalue weighted by Gasteiger charge is -2.16. The lowest BCUT2D eigenvalue weighted by atomic mass is 10.2. The van der Waals surface area contributed by atoms with Crippen molar-refractivity contribution in [2.24, 2.45) is 0 Å². The molecule has 0 aliphatic heterocycles. The van der Waals surface area contributed by atoms with Gasteiger partial charge in [-0.2, -0.15) is 0 Å². The highest BCUT2D eigenvalue weighted by molar-refractivity contribution is 5.92. The van der Waals surface area contributed by atoms with Crippen molar-refractivity contribution < 1.29 is 14.7 Å². The first-order valence-corrected chi connectivity index (χ1v) is 8.49. The smallest absolute Gasteiger partial charge is 0.335 e. The molecule has 1 atom stereocenters. The number of carboxylic acids is 1. The van der Waals surface area contributed by atoms with Crippen molar-refractivity contribution >= 4 is 22.9 Å². The molecule has 7 nitrogen and oxygen atoms in total. The minimum absolute atomic E-state index is 0.0237. The number of hydrogen-bond donors (Lipinski definition) is 2. The molecule has 0 spiro atoms. The van der Waals surface area contributed by atoms with Gasteiger partial charge in [-0.1, -0.05) is 6.92 Å². The molecule has 0 radical (unpaired) electrons. The number of likely N-dealkylation sites (N-methyl/N-ethyl adjacent to an activating group) is 1. The van der Waals surface area contributed by atoms with E-state index < -0.39 is 5.97 Å². The molecule has 136 valence electrons. The standard InChI is InChI=1S/C18H26N4O3/c1-5-12(2)22-15-7-6-13(18(24)25)10-14(15)20-16(22)8-9-19-17(23)11-21(3)4/h6-7,10,12H,5,8-9,11H2,1-4H3,(H,19,23)(H,24,25). The van der Waals surface area contributed by atoms with E-state index in [1.807, 2.05) is 25.1 Å². The first-order valence-electron chi connectivity index (χ1n) is 8.49. The fraction of sp³-hybridized carbons (Fsp3) is 0.500. The van der Waals surface area contributed by atoms with E-state index in [1.54, 1.807) is 12.1 Å². The summed E-state index contributed by atoms with van der Waals surface area (Å²) in [5.74, 6) is -0.126. The molecule has 0 fully saturated rings. The molecular formula is C18H26N4O3. The van der Waals surface area contributed by atoms with Crippen LogP contribution >= 0.6 is 0 Å². The third-order valence-corrected chi connectivity index (χ3v) is 4.17. The molecule has 0 bridgehead atoms. The summed E-state index contributed by atoms with van der Waals surface area (Å²) in [5.41, 5.74) is 1.83. The maximum absolute atomic E-state index is 11.8. The molecule has 0 saturated carbocycles. The van der Waals surface area contributed by atoms with Crippen LogP contribution in [-0.2, 0) is 11.2 Å². The molecule has 0 aliphatic carbocycles. The molecule has 0 saturated heterocycles. The fourth-order valence-electron chi connectivity index (χ4n) is 2.79. The molecule has 7 heteroatoms. The molecular weight excluding hydrogens is 320 g/mol. The Morgan fingerprint density at radius 1 is 1.36 bits per heavy atom. The summed E-state index contributed by atoms with van der Waals surface area (Å²) in [6, 6.07) is 5.26. The number of amides is 1. The number of carboxylic acid groups (broad SMARTS) is 1. The molecule has 1 amide bonds. The lowest BCUT2D eigenvalue weighted by Crippen LogP contribution is -2.34. The van der Waals surface area contributed by atoms with Gasteiger partial charge in [-0.25, -0.2) is 9.78 Å². The number of rotatable bonds is 8. The predicted octanol–water partition coefficient (Wildman–Crippen LogP) is 1.93.